The molecule has 7 aromatic heterocycles. The van der Waals surface area contributed by atoms with Crippen molar-refractivity contribution in [1.82, 2.24) is 39.2 Å². The van der Waals surface area contributed by atoms with Crippen molar-refractivity contribution in [2.24, 2.45) is 0 Å². The molecule has 0 saturated carbocycles. The Kier molecular flexibility index (Phi) is 15.5. The van der Waals surface area contributed by atoms with E-state index in [1.54, 1.807) is 11.3 Å². The smallest absolute Gasteiger partial charge is 0.265 e. The van der Waals surface area contributed by atoms with E-state index in [-0.39, 0.29) is 23.9 Å². The van der Waals surface area contributed by atoms with E-state index in [1.165, 1.54) is 158 Å². The first-order chi connectivity index (χ1) is 45.0. The predicted molar refractivity (Wildman–Crippen MR) is 388 cm³/mol. The molecule has 4 atom stereocenters. The third kappa shape index (κ3) is 10.5. The van der Waals surface area contributed by atoms with Crippen molar-refractivity contribution in [2.75, 3.05) is 0 Å². The molecule has 6 aromatic carbocycles. The van der Waals surface area contributed by atoms with Crippen molar-refractivity contribution in [1.29, 1.82) is 0 Å². The number of nitrogens with zero attached hydrogens (tertiary/aromatic N) is 4. The topological polar surface area (TPSA) is 112 Å². The monoisotopic (exact) mass is 1500 g/mol. The van der Waals surface area contributed by atoms with Crippen molar-refractivity contribution < 1.29 is 9.59 Å². The number of halogens is 4. The summed E-state index contributed by atoms with van der Waals surface area (Å²) in [4.78, 5) is 47.9. The number of aryl methyl sites for hydroxylation is 4. The maximum absolute atomic E-state index is 12.9. The van der Waals surface area contributed by atoms with Gasteiger partial charge in [-0.05, 0) is 223 Å². The number of fused-ring (bicyclic) bond motifs is 16. The number of hydrogen-bond donors (Lipinski definition) is 4. The first kappa shape index (κ1) is 59.0. The van der Waals surface area contributed by atoms with Crippen LogP contribution >= 0.6 is 86.4 Å². The van der Waals surface area contributed by atoms with Crippen molar-refractivity contribution in [2.45, 2.75) is 127 Å². The standard InChI is InChI=1S/C20H17BrN2O.C20H19BrN2.C18H15BrN2OS.C18H15BrN2S/c21-13-8-9-17-16(10-13)15-6-3-7-18(19(15)22-17)23-11-12-4-1-2-5-14(12)20(23)24;21-15-8-9-18-17(10-15)16-6-3-7-19(20(16)22-18)23-11-13-4-1-2-5-14(13)12-23;19-11-4-5-14-13(8-11)12-2-1-3-15(16(12)20-14)21-9-10-6-7-23-17(10)18(21)22;19-12-4-5-15-14(8-12)13-2-1-3-16(18(13)20-15)21-9-11-6-7-22-17(11)10-21/h1-2,4-5,8-10,18,22H,3,6-7,11H2;1-2,4-5,8-10,19,22H,3,6-7,11-12H2;4-8,15,20H,1-3,9H2;4-10,16,20H,1-3H2. The number of thiophene rings is 2. The zero-order chi connectivity index (χ0) is 61.9. The number of amides is 2. The van der Waals surface area contributed by atoms with Gasteiger partial charge in [-0.3, -0.25) is 14.5 Å². The third-order valence-corrected chi connectivity index (χ3v) is 24.4. The van der Waals surface area contributed by atoms with Gasteiger partial charge in [-0.25, -0.2) is 0 Å². The Bertz CT molecular complexity index is 5010. The fourth-order valence-electron chi connectivity index (χ4n) is 16.4. The van der Waals surface area contributed by atoms with E-state index in [1.807, 2.05) is 39.8 Å². The highest BCUT2D eigenvalue weighted by atomic mass is 79.9. The largest absolute Gasteiger partial charge is 0.357 e. The molecule has 20 rings (SSSR count). The number of carbonyl (C=O) groups excluding carboxylic acids is 2. The van der Waals surface area contributed by atoms with Gasteiger partial charge in [0, 0.05) is 134 Å². The van der Waals surface area contributed by atoms with Crippen LogP contribution in [0.2, 0.25) is 0 Å². The van der Waals surface area contributed by atoms with Gasteiger partial charge in [0.15, 0.2) is 0 Å². The molecule has 2 amide bonds. The molecule has 3 aliphatic heterocycles. The van der Waals surface area contributed by atoms with Gasteiger partial charge in [0.05, 0.1) is 33.7 Å². The van der Waals surface area contributed by atoms with Crippen LogP contribution in [0.3, 0.4) is 0 Å². The van der Waals surface area contributed by atoms with Crippen molar-refractivity contribution in [3.05, 3.63) is 252 Å². The lowest BCUT2D eigenvalue weighted by molar-refractivity contribution is 0.0673. The van der Waals surface area contributed by atoms with E-state index >= 15 is 0 Å². The highest BCUT2D eigenvalue weighted by Gasteiger charge is 2.40. The Balaban J connectivity index is 0.0000000939. The number of aromatic amines is 4. The molecule has 10 heterocycles. The number of rotatable bonds is 4. The molecule has 4 N–H and O–H groups in total. The zero-order valence-electron chi connectivity index (χ0n) is 50.6. The minimum Gasteiger partial charge on any atom is -0.357 e. The molecule has 92 heavy (non-hydrogen) atoms. The van der Waals surface area contributed by atoms with Crippen molar-refractivity contribution in [3.63, 3.8) is 0 Å². The molecule has 13 aromatic rings. The highest BCUT2D eigenvalue weighted by Crippen LogP contribution is 2.47. The zero-order valence-corrected chi connectivity index (χ0v) is 58.5. The molecule has 0 bridgehead atoms. The number of nitrogens with one attached hydrogen (secondary N) is 4. The predicted octanol–water partition coefficient (Wildman–Crippen LogP) is 21.2. The van der Waals surface area contributed by atoms with Gasteiger partial charge in [0.1, 0.15) is 0 Å². The molecule has 10 nitrogen and oxygen atoms in total. The summed E-state index contributed by atoms with van der Waals surface area (Å²) in [7, 11) is 0. The van der Waals surface area contributed by atoms with Crippen LogP contribution in [0.1, 0.15) is 163 Å². The number of benzene rings is 6. The molecule has 0 fully saturated rings. The quantitative estimate of drug-likeness (QED) is 0.141. The molecular weight excluding hydrogens is 1440 g/mol. The lowest BCUT2D eigenvalue weighted by Crippen LogP contribution is -2.31. The number of aromatic nitrogens is 5. The van der Waals surface area contributed by atoms with Crippen molar-refractivity contribution >= 4 is 152 Å². The molecule has 7 aliphatic rings. The van der Waals surface area contributed by atoms with E-state index in [0.717, 1.165) is 94.1 Å². The summed E-state index contributed by atoms with van der Waals surface area (Å²) in [5.74, 6) is 0.371. The van der Waals surface area contributed by atoms with Gasteiger partial charge in [-0.2, -0.15) is 0 Å². The van der Waals surface area contributed by atoms with E-state index < -0.39 is 0 Å². The minimum atomic E-state index is 0.153. The second-order valence-corrected chi connectivity index (χ2v) is 31.4. The van der Waals surface area contributed by atoms with Gasteiger partial charge in [-0.1, -0.05) is 106 Å². The number of hydrogen-bond acceptors (Lipinski definition) is 5. The SMILES string of the molecule is Brc1ccc2[nH]c3c(c2c1)CCCC3N1Cc2ccccc2C1.Brc1ccc2[nH]c3c(c2c1)CCCC3n1cc2ccsc2c1.O=C1c2ccccc2CN1C1CCCc2c1[nH]c1ccc(Br)cc21.O=C1c2sccc2CN1C1CCCc2c1[nH]c1ccc(Br)cc21. The van der Waals surface area contributed by atoms with Crippen LogP contribution in [0.15, 0.2) is 175 Å². The first-order valence-corrected chi connectivity index (χ1v) is 37.3. The maximum atomic E-state index is 12.9. The highest BCUT2D eigenvalue weighted by molar-refractivity contribution is 9.11. The Morgan fingerprint density at radius 2 is 0.826 bits per heavy atom. The summed E-state index contributed by atoms with van der Waals surface area (Å²) in [6.45, 7) is 3.64. The number of H-pyrrole nitrogens is 4. The summed E-state index contributed by atoms with van der Waals surface area (Å²) in [6, 6.07) is 48.4. The van der Waals surface area contributed by atoms with E-state index in [4.69, 9.17) is 0 Å². The lowest BCUT2D eigenvalue weighted by Gasteiger charge is -2.31. The summed E-state index contributed by atoms with van der Waals surface area (Å²) in [5, 5.41) is 10.9. The van der Waals surface area contributed by atoms with E-state index in [0.29, 0.717) is 12.1 Å². The van der Waals surface area contributed by atoms with Crippen LogP contribution in [0.25, 0.3) is 53.7 Å². The summed E-state index contributed by atoms with van der Waals surface area (Å²) in [5.41, 5.74) is 22.2. The van der Waals surface area contributed by atoms with Gasteiger partial charge in [-0.15, -0.1) is 22.7 Å². The van der Waals surface area contributed by atoms with Gasteiger partial charge >= 0.3 is 0 Å². The Hall–Kier alpha value is -6.76. The third-order valence-electron chi connectivity index (χ3n) is 20.6. The molecule has 0 saturated heterocycles. The van der Waals surface area contributed by atoms with Crippen LogP contribution in [0.4, 0.5) is 0 Å². The molecule has 4 aliphatic carbocycles. The maximum Gasteiger partial charge on any atom is 0.265 e. The van der Waals surface area contributed by atoms with Gasteiger partial charge in [0.25, 0.3) is 11.8 Å². The van der Waals surface area contributed by atoms with Gasteiger partial charge < -0.3 is 34.3 Å². The average Bonchev–Trinajstić information content (AvgIpc) is 2.14. The summed E-state index contributed by atoms with van der Waals surface area (Å²) >= 11 is 17.8. The summed E-state index contributed by atoms with van der Waals surface area (Å²) in [6.07, 6.45) is 18.5. The molecule has 462 valence electrons. The Morgan fingerprint density at radius 3 is 1.32 bits per heavy atom. The molecular formula is C76H66Br4N8O2S2. The van der Waals surface area contributed by atoms with E-state index in [2.05, 4.69) is 231 Å². The van der Waals surface area contributed by atoms with Crippen LogP contribution in [0.5, 0.6) is 0 Å². The van der Waals surface area contributed by atoms with E-state index in [9.17, 15) is 9.59 Å². The fraction of sp³-hybridized carbons (Fsp3) is 0.263. The molecule has 4 unspecified atom stereocenters. The number of carbonyl (C=O) groups is 2. The molecule has 0 radical (unpaired) electrons. The fourth-order valence-corrected chi connectivity index (χ4v) is 19.5. The Labute approximate surface area is 575 Å². The second-order valence-electron chi connectivity index (χ2n) is 25.9. The van der Waals surface area contributed by atoms with Gasteiger partial charge in [0.2, 0.25) is 0 Å². The van der Waals surface area contributed by atoms with Crippen molar-refractivity contribution in [3.8, 4) is 0 Å². The normalized spacial score (nSPS) is 19.7. The molecule has 0 spiro atoms. The Morgan fingerprint density at radius 1 is 0.402 bits per heavy atom. The minimum absolute atomic E-state index is 0.153. The van der Waals surface area contributed by atoms with Crippen LogP contribution < -0.4 is 0 Å². The second kappa shape index (κ2) is 24.2. The van der Waals surface area contributed by atoms with Crippen LogP contribution in [-0.2, 0) is 51.9 Å². The van der Waals surface area contributed by atoms with Crippen LogP contribution in [0, 0.1) is 0 Å². The summed E-state index contributed by atoms with van der Waals surface area (Å²) < 4.78 is 8.32. The average molecular weight is 1510 g/mol. The molecule has 16 heteroatoms. The first-order valence-electron chi connectivity index (χ1n) is 32.3. The lowest BCUT2D eigenvalue weighted by atomic mass is 9.91. The van der Waals surface area contributed by atoms with Crippen LogP contribution in [-0.4, -0.2) is 51.0 Å².